The number of ether oxygens (including phenoxy) is 1. The van der Waals surface area contributed by atoms with E-state index in [4.69, 9.17) is 9.84 Å². The van der Waals surface area contributed by atoms with Gasteiger partial charge in [-0.25, -0.2) is 9.59 Å². The molecular weight excluding hydrogens is 272 g/mol. The first-order valence-corrected chi connectivity index (χ1v) is 7.09. The standard InChI is InChI=1S/C16H26O5/c1-6-7-8-13(17)9-11(2)15(20)21-16(4,5)10-12(3)14(18)19/h13,17H,2-3,6-10H2,1,4-5H3,(H,18,19). The molecule has 0 aromatic carbocycles. The van der Waals surface area contributed by atoms with Gasteiger partial charge < -0.3 is 14.9 Å². The Morgan fingerprint density at radius 1 is 1.24 bits per heavy atom. The summed E-state index contributed by atoms with van der Waals surface area (Å²) in [6.45, 7) is 12.3. The fourth-order valence-corrected chi connectivity index (χ4v) is 1.86. The number of esters is 1. The van der Waals surface area contributed by atoms with Crippen LogP contribution in [0.2, 0.25) is 0 Å². The van der Waals surface area contributed by atoms with Crippen LogP contribution in [0.1, 0.15) is 52.9 Å². The predicted octanol–water partition coefficient (Wildman–Crippen LogP) is 2.84. The van der Waals surface area contributed by atoms with E-state index in [9.17, 15) is 14.7 Å². The Bertz CT molecular complexity index is 409. The number of carbonyl (C=O) groups excluding carboxylic acids is 1. The summed E-state index contributed by atoms with van der Waals surface area (Å²) in [7, 11) is 0. The molecule has 1 unspecified atom stereocenters. The van der Waals surface area contributed by atoms with Gasteiger partial charge >= 0.3 is 11.9 Å². The van der Waals surface area contributed by atoms with Gasteiger partial charge in [0, 0.05) is 24.0 Å². The second kappa shape index (κ2) is 8.62. The van der Waals surface area contributed by atoms with Crippen molar-refractivity contribution < 1.29 is 24.5 Å². The second-order valence-electron chi connectivity index (χ2n) is 5.84. The zero-order valence-electron chi connectivity index (χ0n) is 13.1. The second-order valence-corrected chi connectivity index (χ2v) is 5.84. The normalized spacial score (nSPS) is 12.6. The molecule has 0 rings (SSSR count). The zero-order chi connectivity index (χ0) is 16.6. The Morgan fingerprint density at radius 3 is 2.29 bits per heavy atom. The molecule has 0 aliphatic rings. The third-order valence-corrected chi connectivity index (χ3v) is 2.97. The van der Waals surface area contributed by atoms with Crippen molar-refractivity contribution in [1.82, 2.24) is 0 Å². The average molecular weight is 298 g/mol. The first-order valence-electron chi connectivity index (χ1n) is 7.09. The number of rotatable bonds is 10. The largest absolute Gasteiger partial charge is 0.478 e. The molecule has 21 heavy (non-hydrogen) atoms. The Morgan fingerprint density at radius 2 is 1.81 bits per heavy atom. The third-order valence-electron chi connectivity index (χ3n) is 2.97. The van der Waals surface area contributed by atoms with Gasteiger partial charge in [0.25, 0.3) is 0 Å². The molecule has 0 saturated carbocycles. The van der Waals surface area contributed by atoms with Crippen molar-refractivity contribution in [2.45, 2.75) is 64.6 Å². The molecule has 5 nitrogen and oxygen atoms in total. The number of carbonyl (C=O) groups is 2. The molecule has 0 aliphatic carbocycles. The van der Waals surface area contributed by atoms with E-state index in [0.29, 0.717) is 6.42 Å². The highest BCUT2D eigenvalue weighted by Gasteiger charge is 2.27. The lowest BCUT2D eigenvalue weighted by Gasteiger charge is -2.26. The Kier molecular flexibility index (Phi) is 7.95. The summed E-state index contributed by atoms with van der Waals surface area (Å²) in [6, 6.07) is 0. The van der Waals surface area contributed by atoms with E-state index in [0.717, 1.165) is 12.8 Å². The van der Waals surface area contributed by atoms with Crippen LogP contribution in [-0.2, 0) is 14.3 Å². The smallest absolute Gasteiger partial charge is 0.334 e. The van der Waals surface area contributed by atoms with Crippen LogP contribution in [0.25, 0.3) is 0 Å². The highest BCUT2D eigenvalue weighted by Crippen LogP contribution is 2.22. The fourth-order valence-electron chi connectivity index (χ4n) is 1.86. The van der Waals surface area contributed by atoms with Crippen LogP contribution in [-0.4, -0.2) is 33.9 Å². The van der Waals surface area contributed by atoms with Crippen molar-refractivity contribution in [2.75, 3.05) is 0 Å². The van der Waals surface area contributed by atoms with Gasteiger partial charge in [-0.15, -0.1) is 0 Å². The van der Waals surface area contributed by atoms with Crippen LogP contribution in [0.15, 0.2) is 24.3 Å². The SMILES string of the molecule is C=C(CC(C)(C)OC(=O)C(=C)CC(O)CCCC)C(=O)O. The fraction of sp³-hybridized carbons (Fsp3) is 0.625. The monoisotopic (exact) mass is 298 g/mol. The molecule has 0 saturated heterocycles. The molecule has 2 N–H and O–H groups in total. The molecule has 0 spiro atoms. The molecule has 0 heterocycles. The molecule has 120 valence electrons. The van der Waals surface area contributed by atoms with E-state index in [-0.39, 0.29) is 24.0 Å². The van der Waals surface area contributed by atoms with Gasteiger partial charge in [0.15, 0.2) is 0 Å². The highest BCUT2D eigenvalue weighted by molar-refractivity contribution is 5.88. The lowest BCUT2D eigenvalue weighted by molar-refractivity contribution is -0.152. The summed E-state index contributed by atoms with van der Waals surface area (Å²) in [5.74, 6) is -1.73. The first kappa shape index (κ1) is 19.4. The minimum atomic E-state index is -1.12. The maximum absolute atomic E-state index is 11.9. The number of hydrogen-bond donors (Lipinski definition) is 2. The molecule has 5 heteroatoms. The Balaban J connectivity index is 4.42. The van der Waals surface area contributed by atoms with Crippen molar-refractivity contribution in [3.63, 3.8) is 0 Å². The van der Waals surface area contributed by atoms with Crippen LogP contribution >= 0.6 is 0 Å². The van der Waals surface area contributed by atoms with E-state index in [1.54, 1.807) is 13.8 Å². The number of aliphatic hydroxyl groups excluding tert-OH is 1. The number of hydrogen-bond acceptors (Lipinski definition) is 4. The highest BCUT2D eigenvalue weighted by atomic mass is 16.6. The van der Waals surface area contributed by atoms with Gasteiger partial charge in [0.1, 0.15) is 5.60 Å². The molecule has 0 fully saturated rings. The van der Waals surface area contributed by atoms with Crippen molar-refractivity contribution in [2.24, 2.45) is 0 Å². The summed E-state index contributed by atoms with van der Waals surface area (Å²) < 4.78 is 5.25. The van der Waals surface area contributed by atoms with Crippen molar-refractivity contribution >= 4 is 11.9 Å². The van der Waals surface area contributed by atoms with E-state index in [2.05, 4.69) is 13.2 Å². The third kappa shape index (κ3) is 8.30. The summed E-state index contributed by atoms with van der Waals surface area (Å²) in [4.78, 5) is 22.7. The van der Waals surface area contributed by atoms with Gasteiger partial charge in [0.2, 0.25) is 0 Å². The van der Waals surface area contributed by atoms with Crippen LogP contribution in [0.3, 0.4) is 0 Å². The molecule has 0 aromatic heterocycles. The van der Waals surface area contributed by atoms with Gasteiger partial charge in [-0.05, 0) is 20.3 Å². The topological polar surface area (TPSA) is 83.8 Å². The molecular formula is C16H26O5. The average Bonchev–Trinajstić information content (AvgIpc) is 2.34. The number of unbranched alkanes of at least 4 members (excludes halogenated alkanes) is 1. The zero-order valence-corrected chi connectivity index (χ0v) is 13.1. The Labute approximate surface area is 126 Å². The van der Waals surface area contributed by atoms with Gasteiger partial charge in [-0.3, -0.25) is 0 Å². The molecule has 0 aliphatic heterocycles. The molecule has 0 amide bonds. The molecule has 0 aromatic rings. The molecule has 0 bridgehead atoms. The lowest BCUT2D eigenvalue weighted by Crippen LogP contribution is -2.30. The van der Waals surface area contributed by atoms with E-state index in [1.165, 1.54) is 0 Å². The van der Waals surface area contributed by atoms with Crippen LogP contribution in [0, 0.1) is 0 Å². The van der Waals surface area contributed by atoms with Crippen LogP contribution in [0.5, 0.6) is 0 Å². The number of aliphatic hydroxyl groups is 1. The maximum Gasteiger partial charge on any atom is 0.334 e. The predicted molar refractivity (Wildman–Crippen MR) is 80.9 cm³/mol. The van der Waals surface area contributed by atoms with E-state index < -0.39 is 23.6 Å². The lowest BCUT2D eigenvalue weighted by atomic mass is 9.99. The van der Waals surface area contributed by atoms with Crippen molar-refractivity contribution in [1.29, 1.82) is 0 Å². The van der Waals surface area contributed by atoms with Crippen molar-refractivity contribution in [3.8, 4) is 0 Å². The summed E-state index contributed by atoms with van der Waals surface area (Å²) in [5.41, 5.74) is -0.821. The molecule has 1 atom stereocenters. The van der Waals surface area contributed by atoms with Gasteiger partial charge in [-0.2, -0.15) is 0 Å². The van der Waals surface area contributed by atoms with Gasteiger partial charge in [-0.1, -0.05) is 32.9 Å². The van der Waals surface area contributed by atoms with Gasteiger partial charge in [0.05, 0.1) is 6.10 Å². The summed E-state index contributed by atoms with van der Waals surface area (Å²) in [5, 5.41) is 18.6. The first-order chi connectivity index (χ1) is 9.59. The quantitative estimate of drug-likeness (QED) is 0.478. The number of carboxylic acids is 1. The number of aliphatic carboxylic acids is 1. The molecule has 0 radical (unpaired) electrons. The van der Waals surface area contributed by atoms with Crippen LogP contribution in [0.4, 0.5) is 0 Å². The number of carboxylic acid groups (broad SMARTS) is 1. The summed E-state index contributed by atoms with van der Waals surface area (Å²) in [6.07, 6.45) is 2.05. The minimum Gasteiger partial charge on any atom is -0.478 e. The minimum absolute atomic E-state index is 0.0265. The Hall–Kier alpha value is -1.62. The van der Waals surface area contributed by atoms with E-state index in [1.807, 2.05) is 6.92 Å². The summed E-state index contributed by atoms with van der Waals surface area (Å²) >= 11 is 0. The van der Waals surface area contributed by atoms with Crippen molar-refractivity contribution in [3.05, 3.63) is 24.3 Å². The van der Waals surface area contributed by atoms with E-state index >= 15 is 0 Å². The van der Waals surface area contributed by atoms with Crippen LogP contribution < -0.4 is 0 Å². The maximum atomic E-state index is 11.9.